The Kier molecular flexibility index (Phi) is 2.97. The van der Waals surface area contributed by atoms with Gasteiger partial charge in [0.05, 0.1) is 5.69 Å². The van der Waals surface area contributed by atoms with Crippen LogP contribution in [0.25, 0.3) is 0 Å². The minimum absolute atomic E-state index is 0.243. The van der Waals surface area contributed by atoms with Crippen molar-refractivity contribution in [2.24, 2.45) is 7.05 Å². The molecule has 1 aromatic heterocycles. The van der Waals surface area contributed by atoms with Crippen LogP contribution in [0, 0.1) is 11.6 Å². The van der Waals surface area contributed by atoms with Gasteiger partial charge >= 0.3 is 0 Å². The van der Waals surface area contributed by atoms with Crippen LogP contribution in [0.4, 0.5) is 14.6 Å². The minimum Gasteiger partial charge on any atom is -0.366 e. The Bertz CT molecular complexity index is 603. The van der Waals surface area contributed by atoms with Crippen LogP contribution in [-0.4, -0.2) is 9.78 Å². The topological polar surface area (TPSA) is 29.9 Å². The molecule has 1 fully saturated rings. The lowest BCUT2D eigenvalue weighted by Crippen LogP contribution is -2.06. The minimum atomic E-state index is -0.429. The molecule has 3 rings (SSSR count). The highest BCUT2D eigenvalue weighted by atomic mass is 19.1. The van der Waals surface area contributed by atoms with Gasteiger partial charge in [0.1, 0.15) is 17.5 Å². The van der Waals surface area contributed by atoms with Crippen molar-refractivity contribution in [2.75, 3.05) is 5.32 Å². The molecule has 0 saturated heterocycles. The van der Waals surface area contributed by atoms with Gasteiger partial charge in [-0.05, 0) is 31.0 Å². The fourth-order valence-electron chi connectivity index (χ4n) is 2.10. The highest BCUT2D eigenvalue weighted by Gasteiger charge is 2.26. The van der Waals surface area contributed by atoms with Gasteiger partial charge in [-0.3, -0.25) is 4.68 Å². The summed E-state index contributed by atoms with van der Waals surface area (Å²) in [5.74, 6) is 0.568. The maximum atomic E-state index is 13.5. The number of hydrogen-bond acceptors (Lipinski definition) is 2. The van der Waals surface area contributed by atoms with Gasteiger partial charge in [0.2, 0.25) is 0 Å². The number of rotatable bonds is 4. The first-order valence-electron chi connectivity index (χ1n) is 6.35. The number of hydrogen-bond donors (Lipinski definition) is 1. The fraction of sp³-hybridized carbons (Fsp3) is 0.357. The van der Waals surface area contributed by atoms with Crippen molar-refractivity contribution in [3.05, 3.63) is 47.2 Å². The number of anilines is 1. The average Bonchev–Trinajstić information content (AvgIpc) is 3.16. The largest absolute Gasteiger partial charge is 0.366 e. The highest BCUT2D eigenvalue weighted by Crippen LogP contribution is 2.39. The van der Waals surface area contributed by atoms with E-state index in [1.165, 1.54) is 18.9 Å². The van der Waals surface area contributed by atoms with Gasteiger partial charge in [-0.1, -0.05) is 0 Å². The van der Waals surface area contributed by atoms with E-state index in [4.69, 9.17) is 0 Å². The Morgan fingerprint density at radius 3 is 2.84 bits per heavy atom. The molecule has 1 heterocycles. The fourth-order valence-corrected chi connectivity index (χ4v) is 2.10. The van der Waals surface area contributed by atoms with Crippen molar-refractivity contribution >= 4 is 5.82 Å². The van der Waals surface area contributed by atoms with Gasteiger partial charge in [-0.15, -0.1) is 0 Å². The molecule has 3 nitrogen and oxygen atoms in total. The van der Waals surface area contributed by atoms with E-state index in [-0.39, 0.29) is 6.54 Å². The Hall–Kier alpha value is -1.91. The van der Waals surface area contributed by atoms with Crippen molar-refractivity contribution in [1.29, 1.82) is 0 Å². The predicted octanol–water partition coefficient (Wildman–Crippen LogP) is 3.19. The molecule has 0 amide bonds. The highest BCUT2D eigenvalue weighted by molar-refractivity contribution is 5.40. The molecule has 0 spiro atoms. The molecular weight excluding hydrogens is 248 g/mol. The quantitative estimate of drug-likeness (QED) is 0.918. The molecule has 0 atom stereocenters. The molecule has 1 aromatic carbocycles. The van der Waals surface area contributed by atoms with Crippen LogP contribution in [0.1, 0.15) is 30.0 Å². The molecule has 1 aliphatic carbocycles. The van der Waals surface area contributed by atoms with Crippen LogP contribution >= 0.6 is 0 Å². The molecule has 1 saturated carbocycles. The second kappa shape index (κ2) is 4.64. The van der Waals surface area contributed by atoms with E-state index in [2.05, 4.69) is 10.4 Å². The zero-order valence-corrected chi connectivity index (χ0v) is 10.7. The second-order valence-corrected chi connectivity index (χ2v) is 4.94. The van der Waals surface area contributed by atoms with Crippen LogP contribution in [0.3, 0.4) is 0 Å². The Morgan fingerprint density at radius 2 is 2.11 bits per heavy atom. The third-order valence-corrected chi connectivity index (χ3v) is 3.36. The monoisotopic (exact) mass is 263 g/mol. The van der Waals surface area contributed by atoms with Crippen LogP contribution in [-0.2, 0) is 13.6 Å². The van der Waals surface area contributed by atoms with E-state index >= 15 is 0 Å². The summed E-state index contributed by atoms with van der Waals surface area (Å²) >= 11 is 0. The Balaban J connectivity index is 1.73. The third-order valence-electron chi connectivity index (χ3n) is 3.36. The van der Waals surface area contributed by atoms with Crippen LogP contribution in [0.15, 0.2) is 24.3 Å². The van der Waals surface area contributed by atoms with E-state index in [1.54, 1.807) is 4.68 Å². The number of aromatic nitrogens is 2. The lowest BCUT2D eigenvalue weighted by atomic mass is 10.2. The summed E-state index contributed by atoms with van der Waals surface area (Å²) in [5.41, 5.74) is 1.39. The summed E-state index contributed by atoms with van der Waals surface area (Å²) in [5, 5.41) is 7.51. The lowest BCUT2D eigenvalue weighted by Gasteiger charge is -2.07. The molecule has 0 radical (unpaired) electrons. The maximum Gasteiger partial charge on any atom is 0.128 e. The molecular formula is C14H15F2N3. The first-order valence-corrected chi connectivity index (χ1v) is 6.35. The smallest absolute Gasteiger partial charge is 0.128 e. The normalized spacial score (nSPS) is 14.7. The zero-order chi connectivity index (χ0) is 13.4. The van der Waals surface area contributed by atoms with Gasteiger partial charge in [0, 0.05) is 31.1 Å². The van der Waals surface area contributed by atoms with Crippen LogP contribution < -0.4 is 5.32 Å². The molecule has 0 aliphatic heterocycles. The molecule has 2 aromatic rings. The van der Waals surface area contributed by atoms with E-state index in [1.807, 2.05) is 13.1 Å². The van der Waals surface area contributed by atoms with E-state index in [0.717, 1.165) is 23.6 Å². The summed E-state index contributed by atoms with van der Waals surface area (Å²) in [6.07, 6.45) is 2.38. The third kappa shape index (κ3) is 2.59. The number of aryl methyl sites for hydroxylation is 1. The molecule has 0 bridgehead atoms. The van der Waals surface area contributed by atoms with E-state index in [0.29, 0.717) is 11.5 Å². The summed E-state index contributed by atoms with van der Waals surface area (Å²) < 4.78 is 28.3. The van der Waals surface area contributed by atoms with E-state index in [9.17, 15) is 8.78 Å². The van der Waals surface area contributed by atoms with Crippen LogP contribution in [0.2, 0.25) is 0 Å². The Morgan fingerprint density at radius 1 is 1.32 bits per heavy atom. The van der Waals surface area contributed by atoms with Gasteiger partial charge in [0.15, 0.2) is 0 Å². The predicted molar refractivity (Wildman–Crippen MR) is 68.9 cm³/mol. The van der Waals surface area contributed by atoms with Crippen molar-refractivity contribution in [3.63, 3.8) is 0 Å². The van der Waals surface area contributed by atoms with Crippen LogP contribution in [0.5, 0.6) is 0 Å². The number of halogens is 2. The van der Waals surface area contributed by atoms with Crippen molar-refractivity contribution in [2.45, 2.75) is 25.3 Å². The molecule has 5 heteroatoms. The van der Waals surface area contributed by atoms with E-state index < -0.39 is 11.6 Å². The van der Waals surface area contributed by atoms with Gasteiger partial charge in [-0.2, -0.15) is 5.10 Å². The van der Waals surface area contributed by atoms with Gasteiger partial charge in [0.25, 0.3) is 0 Å². The summed E-state index contributed by atoms with van der Waals surface area (Å²) in [7, 11) is 1.84. The molecule has 100 valence electrons. The lowest BCUT2D eigenvalue weighted by molar-refractivity contribution is 0.587. The standard InChI is InChI=1S/C14H15F2N3/c1-19-14(7-13(18-19)9-2-3-9)17-8-10-6-11(15)4-5-12(10)16/h4-7,9,17H,2-3,8H2,1H3. The van der Waals surface area contributed by atoms with Crippen molar-refractivity contribution < 1.29 is 8.78 Å². The Labute approximate surface area is 110 Å². The first kappa shape index (κ1) is 12.1. The zero-order valence-electron chi connectivity index (χ0n) is 10.7. The van der Waals surface area contributed by atoms with Crippen molar-refractivity contribution in [3.8, 4) is 0 Å². The summed E-state index contributed by atoms with van der Waals surface area (Å²) in [4.78, 5) is 0. The maximum absolute atomic E-state index is 13.5. The number of nitrogens with one attached hydrogen (secondary N) is 1. The SMILES string of the molecule is Cn1nc(C2CC2)cc1NCc1cc(F)ccc1F. The first-order chi connectivity index (χ1) is 9.13. The molecule has 19 heavy (non-hydrogen) atoms. The summed E-state index contributed by atoms with van der Waals surface area (Å²) in [6, 6.07) is 5.45. The van der Waals surface area contributed by atoms with Gasteiger partial charge < -0.3 is 5.32 Å². The average molecular weight is 263 g/mol. The van der Waals surface area contributed by atoms with Gasteiger partial charge in [-0.25, -0.2) is 8.78 Å². The van der Waals surface area contributed by atoms with Crippen molar-refractivity contribution in [1.82, 2.24) is 9.78 Å². The number of benzene rings is 1. The second-order valence-electron chi connectivity index (χ2n) is 4.94. The molecule has 0 unspecified atom stereocenters. The number of nitrogens with zero attached hydrogens (tertiary/aromatic N) is 2. The molecule has 1 N–H and O–H groups in total. The summed E-state index contributed by atoms with van der Waals surface area (Å²) in [6.45, 7) is 0.243. The molecule has 1 aliphatic rings.